The van der Waals surface area contributed by atoms with Gasteiger partial charge in [-0.3, -0.25) is 4.57 Å². The van der Waals surface area contributed by atoms with E-state index in [1.807, 2.05) is 31.2 Å². The Balaban J connectivity index is 2.28. The Kier molecular flexibility index (Phi) is 6.19. The molecule has 5 atom stereocenters. The van der Waals surface area contributed by atoms with Gasteiger partial charge in [0.05, 0.1) is 12.2 Å². The third-order valence-corrected chi connectivity index (χ3v) is 5.53. The zero-order chi connectivity index (χ0) is 22.2. The van der Waals surface area contributed by atoms with Crippen LogP contribution in [-0.4, -0.2) is 56.0 Å². The van der Waals surface area contributed by atoms with Gasteiger partial charge in [0, 0.05) is 5.56 Å². The Bertz CT molecular complexity index is 1100. The van der Waals surface area contributed by atoms with Crippen LogP contribution in [-0.2, 0) is 4.74 Å². The van der Waals surface area contributed by atoms with Crippen LogP contribution in [0.5, 0.6) is 0 Å². The second-order valence-corrected chi connectivity index (χ2v) is 7.38. The molecule has 0 aliphatic carbocycles. The van der Waals surface area contributed by atoms with Gasteiger partial charge in [-0.15, -0.1) is 0 Å². The topological polar surface area (TPSA) is 169 Å². The summed E-state index contributed by atoms with van der Waals surface area (Å²) in [5.74, 6) is -0.179. The summed E-state index contributed by atoms with van der Waals surface area (Å²) in [6, 6.07) is 11.1. The maximum absolute atomic E-state index is 10.5. The zero-order valence-electron chi connectivity index (χ0n) is 15.9. The Hall–Kier alpha value is -2.83. The van der Waals surface area contributed by atoms with E-state index in [0.29, 0.717) is 5.56 Å². The standard InChI is InChI=1S/C20H20N4O5S/c1-9-2-4-10(5-3-9)14-11(6-21)18(23)24(20(30)12(14)7-22)19-17(28)16(27)15(26)13(8-25)29-19/h2-5,13,15-17,19,25-28H,8,23H2,1H3. The van der Waals surface area contributed by atoms with E-state index in [-0.39, 0.29) is 27.1 Å². The number of nitrogens with zero attached hydrogens (tertiary/aromatic N) is 3. The molecule has 30 heavy (non-hydrogen) atoms. The number of aromatic nitrogens is 1. The van der Waals surface area contributed by atoms with Crippen LogP contribution >= 0.6 is 12.2 Å². The monoisotopic (exact) mass is 428 g/mol. The van der Waals surface area contributed by atoms with Crippen molar-refractivity contribution in [3.05, 3.63) is 45.6 Å². The number of nitrogen functional groups attached to an aromatic ring is 1. The fourth-order valence-corrected chi connectivity index (χ4v) is 3.83. The van der Waals surface area contributed by atoms with Crippen molar-refractivity contribution in [3.63, 3.8) is 0 Å². The molecule has 5 unspecified atom stereocenters. The normalized spacial score (nSPS) is 26.0. The maximum atomic E-state index is 10.5. The molecule has 6 N–H and O–H groups in total. The number of ether oxygens (including phenoxy) is 1. The first kappa shape index (κ1) is 21.9. The van der Waals surface area contributed by atoms with Crippen LogP contribution in [0.4, 0.5) is 5.82 Å². The lowest BCUT2D eigenvalue weighted by Crippen LogP contribution is -2.56. The first-order valence-electron chi connectivity index (χ1n) is 9.02. The number of pyridine rings is 1. The van der Waals surface area contributed by atoms with E-state index in [9.17, 15) is 30.9 Å². The fraction of sp³-hybridized carbons (Fsp3) is 0.350. The summed E-state index contributed by atoms with van der Waals surface area (Å²) in [7, 11) is 0. The molecule has 1 aromatic heterocycles. The van der Waals surface area contributed by atoms with Crippen molar-refractivity contribution in [1.29, 1.82) is 10.5 Å². The highest BCUT2D eigenvalue weighted by Gasteiger charge is 2.45. The minimum Gasteiger partial charge on any atom is -0.394 e. The Labute approximate surface area is 177 Å². The summed E-state index contributed by atoms with van der Waals surface area (Å²) in [5, 5.41) is 59.6. The molecule has 1 saturated heterocycles. The van der Waals surface area contributed by atoms with Crippen LogP contribution in [0.25, 0.3) is 11.1 Å². The van der Waals surface area contributed by atoms with Crippen LogP contribution in [0.2, 0.25) is 0 Å². The second-order valence-electron chi connectivity index (χ2n) is 6.99. The van der Waals surface area contributed by atoms with Gasteiger partial charge < -0.3 is 30.9 Å². The fourth-order valence-electron chi connectivity index (χ4n) is 3.48. The lowest BCUT2D eigenvalue weighted by molar-refractivity contribution is -0.251. The van der Waals surface area contributed by atoms with E-state index in [1.165, 1.54) is 0 Å². The van der Waals surface area contributed by atoms with Crippen LogP contribution < -0.4 is 5.73 Å². The molecule has 3 rings (SSSR count). The summed E-state index contributed by atoms with van der Waals surface area (Å²) < 4.78 is 6.47. The Morgan fingerprint density at radius 2 is 1.67 bits per heavy atom. The van der Waals surface area contributed by atoms with Gasteiger partial charge in [-0.2, -0.15) is 10.5 Å². The summed E-state index contributed by atoms with van der Waals surface area (Å²) in [5.41, 5.74) is 7.92. The van der Waals surface area contributed by atoms with E-state index in [0.717, 1.165) is 10.1 Å². The number of rotatable bonds is 3. The van der Waals surface area contributed by atoms with Gasteiger partial charge in [-0.1, -0.05) is 42.0 Å². The van der Waals surface area contributed by atoms with Crippen LogP contribution in [0.15, 0.2) is 24.3 Å². The van der Waals surface area contributed by atoms with Crippen molar-refractivity contribution >= 4 is 18.0 Å². The number of aliphatic hydroxyl groups is 4. The number of anilines is 1. The first-order valence-corrected chi connectivity index (χ1v) is 9.43. The number of aryl methyl sites for hydroxylation is 1. The molecule has 1 aromatic carbocycles. The molecule has 9 nitrogen and oxygen atoms in total. The quantitative estimate of drug-likeness (QED) is 0.437. The lowest BCUT2D eigenvalue weighted by Gasteiger charge is -2.41. The second kappa shape index (κ2) is 8.50. The van der Waals surface area contributed by atoms with Crippen molar-refractivity contribution in [1.82, 2.24) is 4.57 Å². The molecule has 0 bridgehead atoms. The highest BCUT2D eigenvalue weighted by molar-refractivity contribution is 7.71. The van der Waals surface area contributed by atoms with Crippen LogP contribution in [0.3, 0.4) is 0 Å². The van der Waals surface area contributed by atoms with E-state index in [2.05, 4.69) is 0 Å². The molecule has 10 heteroatoms. The summed E-state index contributed by atoms with van der Waals surface area (Å²) in [4.78, 5) is 0. The molecule has 2 aromatic rings. The predicted octanol–water partition coefficient (Wildman–Crippen LogP) is 0.491. The molecule has 2 heterocycles. The summed E-state index contributed by atoms with van der Waals surface area (Å²) in [6.45, 7) is 1.25. The molecule has 0 saturated carbocycles. The molecule has 156 valence electrons. The van der Waals surface area contributed by atoms with Crippen molar-refractivity contribution in [2.24, 2.45) is 0 Å². The summed E-state index contributed by atoms with van der Waals surface area (Å²) in [6.07, 6.45) is -7.56. The van der Waals surface area contributed by atoms with Gasteiger partial charge in [0.15, 0.2) is 6.23 Å². The van der Waals surface area contributed by atoms with Gasteiger partial charge in [0.2, 0.25) is 0 Å². The number of hydrogen-bond acceptors (Lipinski definition) is 9. The molecular formula is C20H20N4O5S. The predicted molar refractivity (Wildman–Crippen MR) is 108 cm³/mol. The Morgan fingerprint density at radius 3 is 2.20 bits per heavy atom. The van der Waals surface area contributed by atoms with E-state index in [4.69, 9.17) is 22.7 Å². The minimum atomic E-state index is -1.68. The molecule has 1 aliphatic rings. The highest BCUT2D eigenvalue weighted by Crippen LogP contribution is 2.37. The van der Waals surface area contributed by atoms with Gasteiger partial charge >= 0.3 is 0 Å². The number of nitriles is 2. The Morgan fingerprint density at radius 1 is 1.07 bits per heavy atom. The van der Waals surface area contributed by atoms with Crippen molar-refractivity contribution in [3.8, 4) is 23.3 Å². The van der Waals surface area contributed by atoms with Crippen molar-refractivity contribution < 1.29 is 25.2 Å². The number of nitrogens with two attached hydrogens (primary N) is 1. The third-order valence-electron chi connectivity index (χ3n) is 5.13. The molecule has 1 aliphatic heterocycles. The van der Waals surface area contributed by atoms with E-state index in [1.54, 1.807) is 12.1 Å². The number of hydrogen-bond donors (Lipinski definition) is 5. The van der Waals surface area contributed by atoms with Crippen molar-refractivity contribution in [2.45, 2.75) is 37.6 Å². The SMILES string of the molecule is Cc1ccc(-c2c(C#N)c(N)n(C3OC(CO)C(O)C(O)C3O)c(=S)c2C#N)cc1. The largest absolute Gasteiger partial charge is 0.394 e. The van der Waals surface area contributed by atoms with Gasteiger partial charge in [-0.05, 0) is 12.5 Å². The zero-order valence-corrected chi connectivity index (χ0v) is 16.7. The maximum Gasteiger partial charge on any atom is 0.165 e. The first-order chi connectivity index (χ1) is 14.3. The molecule has 0 amide bonds. The number of aliphatic hydroxyl groups excluding tert-OH is 4. The van der Waals surface area contributed by atoms with E-state index < -0.39 is 37.3 Å². The average Bonchev–Trinajstić information content (AvgIpc) is 2.74. The third kappa shape index (κ3) is 3.46. The average molecular weight is 428 g/mol. The molecular weight excluding hydrogens is 408 g/mol. The van der Waals surface area contributed by atoms with Crippen LogP contribution in [0, 0.1) is 34.2 Å². The van der Waals surface area contributed by atoms with Crippen LogP contribution in [0.1, 0.15) is 22.9 Å². The minimum absolute atomic E-state index is 0.0310. The van der Waals surface area contributed by atoms with Gasteiger partial charge in [0.1, 0.15) is 52.6 Å². The number of benzene rings is 1. The summed E-state index contributed by atoms with van der Waals surface area (Å²) >= 11 is 5.43. The molecule has 0 spiro atoms. The molecule has 0 radical (unpaired) electrons. The smallest absolute Gasteiger partial charge is 0.165 e. The van der Waals surface area contributed by atoms with Crippen molar-refractivity contribution in [2.75, 3.05) is 12.3 Å². The molecule has 1 fully saturated rings. The lowest BCUT2D eigenvalue weighted by atomic mass is 9.94. The van der Waals surface area contributed by atoms with E-state index >= 15 is 0 Å². The van der Waals surface area contributed by atoms with Gasteiger partial charge in [-0.25, -0.2) is 0 Å². The van der Waals surface area contributed by atoms with Gasteiger partial charge in [0.25, 0.3) is 0 Å². The highest BCUT2D eigenvalue weighted by atomic mass is 32.1.